The molecule has 3 aromatic carbocycles. The fraction of sp³-hybridized carbons (Fsp3) is 0.256. The molecular weight excluding hydrogens is 698 g/mol. The van der Waals surface area contributed by atoms with Gasteiger partial charge in [-0.25, -0.2) is 24.9 Å². The Morgan fingerprint density at radius 2 is 1.50 bits per heavy atom. The summed E-state index contributed by atoms with van der Waals surface area (Å²) >= 11 is 6.63. The molecule has 10 rings (SSSR count). The molecule has 3 aliphatic carbocycles. The Bertz CT molecular complexity index is 2300. The number of anilines is 1. The minimum Gasteiger partial charge on any atom is -0.466 e. The van der Waals surface area contributed by atoms with Crippen LogP contribution in [0.1, 0.15) is 49.3 Å². The third-order valence-electron chi connectivity index (χ3n) is 11.1. The van der Waals surface area contributed by atoms with Gasteiger partial charge < -0.3 is 19.0 Å². The number of nitrogens with one attached hydrogen (secondary N) is 1. The fourth-order valence-corrected chi connectivity index (χ4v) is 8.98. The molecule has 0 radical (unpaired) electrons. The number of hydrogen-bond donors (Lipinski definition) is 1. The summed E-state index contributed by atoms with van der Waals surface area (Å²) in [5.74, 6) is 1.42. The zero-order chi connectivity index (χ0) is 36.6. The maximum atomic E-state index is 13.4. The lowest BCUT2D eigenvalue weighted by atomic mass is 9.61. The van der Waals surface area contributed by atoms with Crippen molar-refractivity contribution in [3.63, 3.8) is 0 Å². The minimum atomic E-state index is -0.891. The second-order valence-electron chi connectivity index (χ2n) is 14.0. The predicted molar refractivity (Wildman–Crippen MR) is 207 cm³/mol. The topological polar surface area (TPSA) is 121 Å². The van der Waals surface area contributed by atoms with Gasteiger partial charge in [0.05, 0.1) is 30.5 Å². The fourth-order valence-electron chi connectivity index (χ4n) is 8.85. The molecule has 0 saturated heterocycles. The van der Waals surface area contributed by atoms with Crippen LogP contribution in [-0.2, 0) is 15.1 Å². The summed E-state index contributed by atoms with van der Waals surface area (Å²) < 4.78 is 13.6. The molecule has 0 amide bonds. The van der Waals surface area contributed by atoms with E-state index in [2.05, 4.69) is 51.3 Å². The van der Waals surface area contributed by atoms with E-state index in [9.17, 15) is 4.79 Å². The van der Waals surface area contributed by atoms with Gasteiger partial charge in [-0.15, -0.1) is 0 Å². The van der Waals surface area contributed by atoms with E-state index in [0.717, 1.165) is 42.4 Å². The highest BCUT2D eigenvalue weighted by Gasteiger charge is 2.48. The Balaban J connectivity index is 1.28. The average Bonchev–Trinajstić information content (AvgIpc) is 3.90. The van der Waals surface area contributed by atoms with Gasteiger partial charge in [-0.3, -0.25) is 4.79 Å². The summed E-state index contributed by atoms with van der Waals surface area (Å²) in [6.07, 6.45) is 10.8. The van der Waals surface area contributed by atoms with Crippen LogP contribution in [-0.4, -0.2) is 48.1 Å². The van der Waals surface area contributed by atoms with Gasteiger partial charge in [0.1, 0.15) is 34.0 Å². The number of fused-ring (bicyclic) bond motifs is 4. The second kappa shape index (κ2) is 14.2. The van der Waals surface area contributed by atoms with Crippen LogP contribution in [0.15, 0.2) is 126 Å². The number of esters is 1. The molecule has 3 aliphatic rings. The molecular formula is C43H38ClN7O3. The van der Waals surface area contributed by atoms with Crippen LogP contribution in [0.2, 0.25) is 5.15 Å². The van der Waals surface area contributed by atoms with Gasteiger partial charge >= 0.3 is 5.97 Å². The van der Waals surface area contributed by atoms with Crippen LogP contribution in [0.4, 0.5) is 5.82 Å². The number of hydrogen-bond acceptors (Lipinski definition) is 9. The van der Waals surface area contributed by atoms with Crippen molar-refractivity contribution < 1.29 is 13.9 Å². The summed E-state index contributed by atoms with van der Waals surface area (Å²) in [5.41, 5.74) is 4.42. The number of oxazole rings is 1. The van der Waals surface area contributed by atoms with E-state index in [1.165, 1.54) is 6.26 Å². The zero-order valence-electron chi connectivity index (χ0n) is 29.7. The van der Waals surface area contributed by atoms with Gasteiger partial charge in [0.25, 0.3) is 0 Å². The molecule has 3 fully saturated rings. The molecule has 2 atom stereocenters. The summed E-state index contributed by atoms with van der Waals surface area (Å²) in [6, 6.07) is 32.8. The van der Waals surface area contributed by atoms with Gasteiger partial charge in [-0.1, -0.05) is 103 Å². The van der Waals surface area contributed by atoms with Gasteiger partial charge in [-0.05, 0) is 61.1 Å². The van der Waals surface area contributed by atoms with Crippen LogP contribution in [0.3, 0.4) is 0 Å². The highest BCUT2D eigenvalue weighted by Crippen LogP contribution is 2.48. The van der Waals surface area contributed by atoms with Crippen molar-refractivity contribution in [1.82, 2.24) is 29.5 Å². The molecule has 0 aliphatic heterocycles. The number of rotatable bonds is 10. The molecule has 0 unspecified atom stereocenters. The van der Waals surface area contributed by atoms with E-state index >= 15 is 0 Å². The molecule has 0 spiro atoms. The molecule has 10 nitrogen and oxygen atoms in total. The minimum absolute atomic E-state index is 0.144. The van der Waals surface area contributed by atoms with E-state index in [4.69, 9.17) is 40.7 Å². The highest BCUT2D eigenvalue weighted by atomic mass is 35.5. The predicted octanol–water partition coefficient (Wildman–Crippen LogP) is 8.82. The SMILES string of the molecule is CCOC(=O)[C@@H]1C2CCC(CC2)[C@H]1Nc1cc(-c2ncco2)nc(-c2cn(C(c3ccccc3)(c3ccccc3)c3ccccc3)c3ncc(Cl)nc23)n1. The number of ether oxygens (including phenoxy) is 1. The van der Waals surface area contributed by atoms with Crippen molar-refractivity contribution in [1.29, 1.82) is 0 Å². The van der Waals surface area contributed by atoms with Crippen molar-refractivity contribution >= 4 is 34.6 Å². The lowest BCUT2D eigenvalue weighted by Gasteiger charge is -2.47. The Morgan fingerprint density at radius 3 is 2.09 bits per heavy atom. The van der Waals surface area contributed by atoms with Crippen molar-refractivity contribution in [3.8, 4) is 23.0 Å². The Labute approximate surface area is 317 Å². The number of carbonyl (C=O) groups excluding carboxylic acids is 1. The van der Waals surface area contributed by atoms with Crippen LogP contribution in [0.25, 0.3) is 34.1 Å². The molecule has 4 heterocycles. The quantitative estimate of drug-likeness (QED) is 0.109. The van der Waals surface area contributed by atoms with Crippen LogP contribution >= 0.6 is 11.6 Å². The smallest absolute Gasteiger partial charge is 0.311 e. The summed E-state index contributed by atoms with van der Waals surface area (Å²) in [7, 11) is 0. The van der Waals surface area contributed by atoms with Gasteiger partial charge in [0.15, 0.2) is 11.5 Å². The second-order valence-corrected chi connectivity index (χ2v) is 14.4. The van der Waals surface area contributed by atoms with Crippen LogP contribution in [0.5, 0.6) is 0 Å². The summed E-state index contributed by atoms with van der Waals surface area (Å²) in [6.45, 7) is 2.20. The van der Waals surface area contributed by atoms with Crippen molar-refractivity contribution in [2.45, 2.75) is 44.2 Å². The third kappa shape index (κ3) is 5.81. The van der Waals surface area contributed by atoms with E-state index in [-0.39, 0.29) is 29.0 Å². The Hall–Kier alpha value is -5.87. The summed E-state index contributed by atoms with van der Waals surface area (Å²) in [5, 5.41) is 3.94. The van der Waals surface area contributed by atoms with Crippen molar-refractivity contribution in [2.75, 3.05) is 11.9 Å². The van der Waals surface area contributed by atoms with E-state index in [1.54, 1.807) is 12.4 Å². The first kappa shape index (κ1) is 33.9. The lowest BCUT2D eigenvalue weighted by Crippen LogP contribution is -2.52. The van der Waals surface area contributed by atoms with E-state index in [1.807, 2.05) is 73.8 Å². The Kier molecular flexibility index (Phi) is 8.90. The molecule has 4 aromatic heterocycles. The van der Waals surface area contributed by atoms with Crippen LogP contribution in [0, 0.1) is 17.8 Å². The largest absolute Gasteiger partial charge is 0.466 e. The number of aromatic nitrogens is 6. The first-order chi connectivity index (χ1) is 26.5. The van der Waals surface area contributed by atoms with E-state index in [0.29, 0.717) is 52.5 Å². The maximum Gasteiger partial charge on any atom is 0.311 e. The normalized spacial score (nSPS) is 19.5. The van der Waals surface area contributed by atoms with Gasteiger partial charge in [0.2, 0.25) is 5.89 Å². The number of nitrogens with zero attached hydrogens (tertiary/aromatic N) is 6. The standard InChI is InChI=1S/C43H38ClN7O3/c1-2-53-42(52)36-27-18-20-28(21-19-27)37(36)49-35-24-33(41-45-22-23-54-41)47-39(50-35)32-26-51(40-38(32)48-34(44)25-46-40)43(29-12-6-3-7-13-29,30-14-8-4-9-15-30)31-16-10-5-11-17-31/h3-17,22-28,36-37H,2,18-21H2,1H3,(H,47,49,50)/t27?,28?,36-,37-/m1/s1. The number of halogens is 1. The van der Waals surface area contributed by atoms with Crippen molar-refractivity contribution in [3.05, 3.63) is 144 Å². The lowest BCUT2D eigenvalue weighted by molar-refractivity contribution is -0.154. The van der Waals surface area contributed by atoms with E-state index < -0.39 is 5.54 Å². The summed E-state index contributed by atoms with van der Waals surface area (Å²) in [4.78, 5) is 37.9. The molecule has 54 heavy (non-hydrogen) atoms. The van der Waals surface area contributed by atoms with Gasteiger partial charge in [0, 0.05) is 18.3 Å². The number of carbonyl (C=O) groups is 1. The molecule has 1 N–H and O–H groups in total. The molecule has 11 heteroatoms. The molecule has 2 bridgehead atoms. The Morgan fingerprint density at radius 1 is 0.870 bits per heavy atom. The highest BCUT2D eigenvalue weighted by molar-refractivity contribution is 6.29. The first-order valence-electron chi connectivity index (χ1n) is 18.5. The number of benzene rings is 3. The zero-order valence-corrected chi connectivity index (χ0v) is 30.4. The monoisotopic (exact) mass is 735 g/mol. The van der Waals surface area contributed by atoms with Crippen molar-refractivity contribution in [2.24, 2.45) is 17.8 Å². The first-order valence-corrected chi connectivity index (χ1v) is 18.9. The molecule has 270 valence electrons. The molecule has 7 aromatic rings. The average molecular weight is 736 g/mol. The van der Waals surface area contributed by atoms with Gasteiger partial charge in [-0.2, -0.15) is 0 Å². The maximum absolute atomic E-state index is 13.4. The third-order valence-corrected chi connectivity index (χ3v) is 11.3. The van der Waals surface area contributed by atoms with Crippen LogP contribution < -0.4 is 5.32 Å². The molecule has 3 saturated carbocycles.